The second-order valence-corrected chi connectivity index (χ2v) is 10.5. The number of rotatable bonds is 5. The van der Waals surface area contributed by atoms with Crippen molar-refractivity contribution >= 4 is 39.3 Å². The van der Waals surface area contributed by atoms with E-state index in [1.165, 1.54) is 0 Å². The van der Waals surface area contributed by atoms with Gasteiger partial charge in [0.05, 0.1) is 14.2 Å². The minimum Gasteiger partial charge on any atom is -0.496 e. The van der Waals surface area contributed by atoms with Crippen LogP contribution >= 0.6 is 15.9 Å². The van der Waals surface area contributed by atoms with Crippen LogP contribution in [0.4, 0.5) is 4.79 Å². The molecule has 1 radical (unpaired) electrons. The SMILES string of the molecule is COc1ccc(Br)cc1C1=C(c2ccccc2OC)N=C(C2CCN(C(=O)OC(C)(C)C)CC2)[N]1. The highest BCUT2D eigenvalue weighted by Crippen LogP contribution is 2.41. The molecule has 0 aromatic heterocycles. The van der Waals surface area contributed by atoms with Crippen molar-refractivity contribution in [2.24, 2.45) is 10.9 Å². The Hall–Kier alpha value is -3.00. The fourth-order valence-electron chi connectivity index (χ4n) is 4.27. The molecule has 0 saturated carbocycles. The molecule has 0 bridgehead atoms. The van der Waals surface area contributed by atoms with Crippen molar-refractivity contribution in [1.29, 1.82) is 0 Å². The van der Waals surface area contributed by atoms with Crippen molar-refractivity contribution in [2.45, 2.75) is 39.2 Å². The second kappa shape index (κ2) is 10.3. The molecular weight excluding hydrogens is 510 g/mol. The smallest absolute Gasteiger partial charge is 0.410 e. The summed E-state index contributed by atoms with van der Waals surface area (Å²) in [6.45, 7) is 6.85. The van der Waals surface area contributed by atoms with Crippen LogP contribution in [0.25, 0.3) is 11.4 Å². The Balaban J connectivity index is 1.63. The monoisotopic (exact) mass is 540 g/mol. The van der Waals surface area contributed by atoms with Gasteiger partial charge < -0.3 is 19.1 Å². The molecule has 35 heavy (non-hydrogen) atoms. The number of carbonyl (C=O) groups excluding carboxylic acids is 1. The lowest BCUT2D eigenvalue weighted by Gasteiger charge is -2.33. The van der Waals surface area contributed by atoms with Crippen LogP contribution in [-0.2, 0) is 4.74 Å². The normalized spacial score (nSPS) is 16.6. The van der Waals surface area contributed by atoms with Gasteiger partial charge >= 0.3 is 6.09 Å². The third kappa shape index (κ3) is 5.64. The first kappa shape index (κ1) is 25.1. The molecule has 0 atom stereocenters. The Morgan fingerprint density at radius 3 is 2.29 bits per heavy atom. The van der Waals surface area contributed by atoms with Crippen molar-refractivity contribution in [3.05, 3.63) is 58.1 Å². The number of aliphatic imine (C=N–C) groups is 1. The zero-order valence-electron chi connectivity index (χ0n) is 20.8. The van der Waals surface area contributed by atoms with Gasteiger partial charge in [0.15, 0.2) is 0 Å². The summed E-state index contributed by atoms with van der Waals surface area (Å²) in [5.74, 6) is 2.35. The maximum absolute atomic E-state index is 12.5. The molecule has 0 spiro atoms. The molecule has 0 aliphatic carbocycles. The summed E-state index contributed by atoms with van der Waals surface area (Å²) < 4.78 is 17.8. The molecule has 0 N–H and O–H groups in total. The lowest BCUT2D eigenvalue weighted by atomic mass is 9.95. The number of para-hydroxylation sites is 1. The number of amides is 1. The van der Waals surface area contributed by atoms with E-state index in [1.807, 2.05) is 63.2 Å². The number of halogens is 1. The predicted octanol–water partition coefficient (Wildman–Crippen LogP) is 5.96. The molecule has 1 fully saturated rings. The van der Waals surface area contributed by atoms with Gasteiger partial charge in [0.25, 0.3) is 0 Å². The lowest BCUT2D eigenvalue weighted by molar-refractivity contribution is 0.0201. The van der Waals surface area contributed by atoms with Gasteiger partial charge in [-0.15, -0.1) is 0 Å². The van der Waals surface area contributed by atoms with Gasteiger partial charge in [0.2, 0.25) is 0 Å². The van der Waals surface area contributed by atoms with Crippen LogP contribution < -0.4 is 14.8 Å². The van der Waals surface area contributed by atoms with E-state index in [-0.39, 0.29) is 12.0 Å². The Labute approximate surface area is 215 Å². The topological polar surface area (TPSA) is 74.5 Å². The van der Waals surface area contributed by atoms with Gasteiger partial charge in [-0.2, -0.15) is 0 Å². The van der Waals surface area contributed by atoms with Crippen molar-refractivity contribution < 1.29 is 19.0 Å². The van der Waals surface area contributed by atoms with Crippen molar-refractivity contribution in [2.75, 3.05) is 27.3 Å². The summed E-state index contributed by atoms with van der Waals surface area (Å²) in [4.78, 5) is 19.3. The molecule has 2 heterocycles. The molecule has 1 amide bonds. The van der Waals surface area contributed by atoms with Gasteiger partial charge in [0, 0.05) is 34.6 Å². The Morgan fingerprint density at radius 1 is 0.971 bits per heavy atom. The van der Waals surface area contributed by atoms with Crippen LogP contribution in [0.2, 0.25) is 0 Å². The standard InChI is InChI=1S/C27H31BrN3O4/c1-27(2,3)35-26(32)31-14-12-17(13-15-31)25-29-23(19-8-6-7-9-21(19)33-4)24(30-25)20-16-18(28)10-11-22(20)34-5/h6-11,16-17H,12-15H2,1-5H3. The zero-order chi connectivity index (χ0) is 25.2. The summed E-state index contributed by atoms with van der Waals surface area (Å²) >= 11 is 3.58. The fraction of sp³-hybridized carbons (Fsp3) is 0.407. The average molecular weight is 541 g/mol. The van der Waals surface area contributed by atoms with Gasteiger partial charge in [-0.1, -0.05) is 28.1 Å². The summed E-state index contributed by atoms with van der Waals surface area (Å²) in [6, 6.07) is 13.7. The molecule has 8 heteroatoms. The summed E-state index contributed by atoms with van der Waals surface area (Å²) in [5.41, 5.74) is 2.72. The maximum atomic E-state index is 12.5. The predicted molar refractivity (Wildman–Crippen MR) is 141 cm³/mol. The molecule has 2 aliphatic heterocycles. The van der Waals surface area contributed by atoms with Crippen LogP contribution in [-0.4, -0.2) is 49.7 Å². The average Bonchev–Trinajstić information content (AvgIpc) is 3.28. The van der Waals surface area contributed by atoms with Crippen LogP contribution in [0.5, 0.6) is 11.5 Å². The van der Waals surface area contributed by atoms with E-state index in [9.17, 15) is 4.79 Å². The number of piperidine rings is 1. The molecule has 4 rings (SSSR count). The quantitative estimate of drug-likeness (QED) is 0.469. The zero-order valence-corrected chi connectivity index (χ0v) is 22.4. The number of benzene rings is 2. The van der Waals surface area contributed by atoms with Gasteiger partial charge in [-0.3, -0.25) is 0 Å². The number of likely N-dealkylation sites (tertiary alicyclic amines) is 1. The van der Waals surface area contributed by atoms with Gasteiger partial charge in [-0.05, 0) is 63.9 Å². The first-order chi connectivity index (χ1) is 16.7. The first-order valence-electron chi connectivity index (χ1n) is 11.7. The third-order valence-electron chi connectivity index (χ3n) is 5.97. The van der Waals surface area contributed by atoms with E-state index in [0.29, 0.717) is 13.1 Å². The number of nitrogens with zero attached hydrogens (tertiary/aromatic N) is 3. The number of ether oxygens (including phenoxy) is 3. The molecule has 2 aliphatic rings. The Bertz CT molecular complexity index is 1160. The summed E-state index contributed by atoms with van der Waals surface area (Å²) in [5, 5.41) is 5.03. The van der Waals surface area contributed by atoms with Crippen LogP contribution in [0, 0.1) is 5.92 Å². The second-order valence-electron chi connectivity index (χ2n) is 9.57. The van der Waals surface area contributed by atoms with E-state index in [2.05, 4.69) is 15.9 Å². The molecule has 2 aromatic carbocycles. The molecule has 185 valence electrons. The van der Waals surface area contributed by atoms with E-state index in [0.717, 1.165) is 57.2 Å². The highest BCUT2D eigenvalue weighted by molar-refractivity contribution is 9.10. The van der Waals surface area contributed by atoms with Crippen molar-refractivity contribution in [3.8, 4) is 11.5 Å². The summed E-state index contributed by atoms with van der Waals surface area (Å²) in [7, 11) is 3.31. The third-order valence-corrected chi connectivity index (χ3v) is 6.46. The lowest BCUT2D eigenvalue weighted by Crippen LogP contribution is -2.43. The van der Waals surface area contributed by atoms with E-state index in [4.69, 9.17) is 24.5 Å². The number of amidine groups is 1. The van der Waals surface area contributed by atoms with Crippen LogP contribution in [0.3, 0.4) is 0 Å². The van der Waals surface area contributed by atoms with Crippen LogP contribution in [0.15, 0.2) is 51.9 Å². The minimum atomic E-state index is -0.510. The Morgan fingerprint density at radius 2 is 1.63 bits per heavy atom. The Kier molecular flexibility index (Phi) is 7.40. The highest BCUT2D eigenvalue weighted by atomic mass is 79.9. The maximum Gasteiger partial charge on any atom is 0.410 e. The molecule has 2 aromatic rings. The number of methoxy groups -OCH3 is 2. The van der Waals surface area contributed by atoms with Gasteiger partial charge in [-0.25, -0.2) is 15.1 Å². The van der Waals surface area contributed by atoms with E-state index >= 15 is 0 Å². The molecule has 7 nitrogen and oxygen atoms in total. The molecule has 0 unspecified atom stereocenters. The van der Waals surface area contributed by atoms with Gasteiger partial charge in [0.1, 0.15) is 34.3 Å². The van der Waals surface area contributed by atoms with Crippen LogP contribution in [0.1, 0.15) is 44.7 Å². The number of hydrogen-bond donors (Lipinski definition) is 0. The van der Waals surface area contributed by atoms with Crippen molar-refractivity contribution in [1.82, 2.24) is 10.2 Å². The highest BCUT2D eigenvalue weighted by Gasteiger charge is 2.34. The molecule has 1 saturated heterocycles. The number of hydrogen-bond acceptors (Lipinski definition) is 5. The van der Waals surface area contributed by atoms with E-state index in [1.54, 1.807) is 19.1 Å². The summed E-state index contributed by atoms with van der Waals surface area (Å²) in [6.07, 6.45) is 1.27. The van der Waals surface area contributed by atoms with E-state index < -0.39 is 5.60 Å². The molecular formula is C27H31BrN3O4. The fourth-order valence-corrected chi connectivity index (χ4v) is 4.63. The minimum absolute atomic E-state index is 0.133. The first-order valence-corrected chi connectivity index (χ1v) is 12.5. The largest absolute Gasteiger partial charge is 0.496 e. The van der Waals surface area contributed by atoms with Crippen molar-refractivity contribution in [3.63, 3.8) is 0 Å². The number of carbonyl (C=O) groups is 1.